The number of hydrogen-bond acceptors (Lipinski definition) is 2. The van der Waals surface area contributed by atoms with Crippen LogP contribution in [0.25, 0.3) is 0 Å². The van der Waals surface area contributed by atoms with E-state index in [1.165, 1.54) is 18.4 Å². The first kappa shape index (κ1) is 10.8. The van der Waals surface area contributed by atoms with Crippen LogP contribution in [-0.2, 0) is 5.41 Å². The standard InChI is InChI=1S/C12H14BrNO/c1-9(14-15)8-12(6-7-12)10-4-2-3-5-11(10)13/h2-5,9H,6-8H2,1H3. The maximum Gasteiger partial charge on any atom is 0.0900 e. The van der Waals surface area contributed by atoms with E-state index < -0.39 is 0 Å². The molecule has 15 heavy (non-hydrogen) atoms. The summed E-state index contributed by atoms with van der Waals surface area (Å²) in [6.45, 7) is 1.89. The number of hydrogen-bond donors (Lipinski definition) is 0. The predicted molar refractivity (Wildman–Crippen MR) is 64.9 cm³/mol. The van der Waals surface area contributed by atoms with E-state index in [0.29, 0.717) is 0 Å². The van der Waals surface area contributed by atoms with Gasteiger partial charge >= 0.3 is 0 Å². The quantitative estimate of drug-likeness (QED) is 0.758. The van der Waals surface area contributed by atoms with Gasteiger partial charge in [-0.05, 0) is 43.2 Å². The molecule has 1 unspecified atom stereocenters. The van der Waals surface area contributed by atoms with Gasteiger partial charge in [-0.2, -0.15) is 4.91 Å². The van der Waals surface area contributed by atoms with Crippen LogP contribution >= 0.6 is 15.9 Å². The maximum absolute atomic E-state index is 10.5. The number of benzene rings is 1. The average molecular weight is 268 g/mol. The molecule has 1 aromatic carbocycles. The fraction of sp³-hybridized carbons (Fsp3) is 0.500. The summed E-state index contributed by atoms with van der Waals surface area (Å²) in [6, 6.07) is 8.20. The number of halogens is 1. The molecular weight excluding hydrogens is 254 g/mol. The Labute approximate surface area is 98.2 Å². The van der Waals surface area contributed by atoms with Crippen molar-refractivity contribution in [3.05, 3.63) is 39.2 Å². The van der Waals surface area contributed by atoms with Gasteiger partial charge in [-0.25, -0.2) is 0 Å². The fourth-order valence-electron chi connectivity index (χ4n) is 2.23. The molecule has 0 bridgehead atoms. The molecule has 3 heteroatoms. The first-order valence-corrected chi connectivity index (χ1v) is 6.05. The van der Waals surface area contributed by atoms with Gasteiger partial charge in [-0.1, -0.05) is 39.3 Å². The van der Waals surface area contributed by atoms with Crippen LogP contribution in [0.1, 0.15) is 31.7 Å². The van der Waals surface area contributed by atoms with E-state index in [-0.39, 0.29) is 11.5 Å². The highest BCUT2D eigenvalue weighted by Crippen LogP contribution is 2.53. The zero-order valence-corrected chi connectivity index (χ0v) is 10.3. The SMILES string of the molecule is CC(CC1(c2ccccc2Br)CC1)N=O. The van der Waals surface area contributed by atoms with E-state index in [0.717, 1.165) is 10.9 Å². The number of nitroso groups, excluding NO2 is 1. The molecule has 0 aromatic heterocycles. The molecule has 0 spiro atoms. The van der Waals surface area contributed by atoms with Crippen LogP contribution in [0.4, 0.5) is 0 Å². The third-order valence-electron chi connectivity index (χ3n) is 3.16. The fourth-order valence-corrected chi connectivity index (χ4v) is 2.93. The van der Waals surface area contributed by atoms with Crippen molar-refractivity contribution < 1.29 is 0 Å². The Morgan fingerprint density at radius 2 is 2.13 bits per heavy atom. The normalized spacial score (nSPS) is 19.6. The third-order valence-corrected chi connectivity index (χ3v) is 3.86. The summed E-state index contributed by atoms with van der Waals surface area (Å²) in [5.41, 5.74) is 1.55. The molecule has 1 atom stereocenters. The van der Waals surface area contributed by atoms with Crippen molar-refractivity contribution in [2.24, 2.45) is 5.18 Å². The van der Waals surface area contributed by atoms with Crippen LogP contribution in [0.15, 0.2) is 33.9 Å². The Morgan fingerprint density at radius 1 is 1.47 bits per heavy atom. The first-order chi connectivity index (χ1) is 7.18. The molecule has 0 saturated heterocycles. The topological polar surface area (TPSA) is 29.4 Å². The van der Waals surface area contributed by atoms with Gasteiger partial charge in [0.15, 0.2) is 0 Å². The summed E-state index contributed by atoms with van der Waals surface area (Å²) in [4.78, 5) is 10.5. The molecule has 0 amide bonds. The minimum atomic E-state index is -0.0837. The van der Waals surface area contributed by atoms with Crippen molar-refractivity contribution in [3.63, 3.8) is 0 Å². The van der Waals surface area contributed by atoms with E-state index >= 15 is 0 Å². The molecule has 2 nitrogen and oxygen atoms in total. The number of nitrogens with zero attached hydrogens (tertiary/aromatic N) is 1. The van der Waals surface area contributed by atoms with Crippen LogP contribution in [0.2, 0.25) is 0 Å². The van der Waals surface area contributed by atoms with Crippen LogP contribution in [0, 0.1) is 4.91 Å². The van der Waals surface area contributed by atoms with Crippen molar-refractivity contribution in [1.82, 2.24) is 0 Å². The van der Waals surface area contributed by atoms with Gasteiger partial charge in [-0.15, -0.1) is 0 Å². The van der Waals surface area contributed by atoms with Crippen LogP contribution < -0.4 is 0 Å². The molecule has 2 rings (SSSR count). The Balaban J connectivity index is 2.23. The van der Waals surface area contributed by atoms with Crippen LogP contribution in [-0.4, -0.2) is 6.04 Å². The highest BCUT2D eigenvalue weighted by Gasteiger charge is 2.46. The summed E-state index contributed by atoms with van der Waals surface area (Å²) in [6.07, 6.45) is 3.23. The highest BCUT2D eigenvalue weighted by molar-refractivity contribution is 9.10. The second-order valence-electron chi connectivity index (χ2n) is 4.42. The van der Waals surface area contributed by atoms with E-state index in [9.17, 15) is 4.91 Å². The van der Waals surface area contributed by atoms with E-state index in [1.54, 1.807) is 0 Å². The molecule has 0 radical (unpaired) electrons. The molecule has 0 N–H and O–H groups in total. The van der Waals surface area contributed by atoms with E-state index in [1.807, 2.05) is 13.0 Å². The summed E-state index contributed by atoms with van der Waals surface area (Å²) in [5, 5.41) is 3.10. The second-order valence-corrected chi connectivity index (χ2v) is 5.27. The van der Waals surface area contributed by atoms with Gasteiger partial charge in [0, 0.05) is 4.47 Å². The van der Waals surface area contributed by atoms with Crippen molar-refractivity contribution in [3.8, 4) is 0 Å². The number of rotatable bonds is 4. The van der Waals surface area contributed by atoms with E-state index in [2.05, 4.69) is 39.3 Å². The molecule has 0 heterocycles. The van der Waals surface area contributed by atoms with Gasteiger partial charge < -0.3 is 0 Å². The average Bonchev–Trinajstić information content (AvgIpc) is 2.99. The zero-order valence-electron chi connectivity index (χ0n) is 8.74. The lowest BCUT2D eigenvalue weighted by Crippen LogP contribution is -2.14. The summed E-state index contributed by atoms with van der Waals surface area (Å²) >= 11 is 3.58. The molecule has 1 fully saturated rings. The molecule has 1 aliphatic rings. The van der Waals surface area contributed by atoms with Gasteiger partial charge in [0.2, 0.25) is 0 Å². The zero-order chi connectivity index (χ0) is 10.9. The molecule has 1 aliphatic carbocycles. The summed E-state index contributed by atoms with van der Waals surface area (Å²) < 4.78 is 1.15. The first-order valence-electron chi connectivity index (χ1n) is 5.25. The van der Waals surface area contributed by atoms with Crippen molar-refractivity contribution in [2.75, 3.05) is 0 Å². The molecule has 1 aromatic rings. The minimum Gasteiger partial charge on any atom is -0.151 e. The lowest BCUT2D eigenvalue weighted by Gasteiger charge is -2.18. The Morgan fingerprint density at radius 3 is 2.67 bits per heavy atom. The maximum atomic E-state index is 10.5. The molecule has 1 saturated carbocycles. The van der Waals surface area contributed by atoms with Crippen molar-refractivity contribution in [1.29, 1.82) is 0 Å². The van der Waals surface area contributed by atoms with Crippen LogP contribution in [0.3, 0.4) is 0 Å². The summed E-state index contributed by atoms with van der Waals surface area (Å²) in [7, 11) is 0. The Bertz CT molecular complexity index is 374. The predicted octanol–water partition coefficient (Wildman–Crippen LogP) is 4.03. The minimum absolute atomic E-state index is 0.0837. The monoisotopic (exact) mass is 267 g/mol. The molecular formula is C12H14BrNO. The highest BCUT2D eigenvalue weighted by atomic mass is 79.9. The van der Waals surface area contributed by atoms with E-state index in [4.69, 9.17) is 0 Å². The van der Waals surface area contributed by atoms with Crippen LogP contribution in [0.5, 0.6) is 0 Å². The van der Waals surface area contributed by atoms with Gasteiger partial charge in [-0.3, -0.25) is 0 Å². The van der Waals surface area contributed by atoms with Gasteiger partial charge in [0.1, 0.15) is 0 Å². The van der Waals surface area contributed by atoms with Gasteiger partial charge in [0.05, 0.1) is 6.04 Å². The van der Waals surface area contributed by atoms with Gasteiger partial charge in [0.25, 0.3) is 0 Å². The largest absolute Gasteiger partial charge is 0.151 e. The molecule has 80 valence electrons. The Kier molecular flexibility index (Phi) is 2.91. The van der Waals surface area contributed by atoms with Crippen molar-refractivity contribution in [2.45, 2.75) is 37.6 Å². The Hall–Kier alpha value is -0.700. The lowest BCUT2D eigenvalue weighted by molar-refractivity contribution is 0.540. The smallest absolute Gasteiger partial charge is 0.0900 e. The van der Waals surface area contributed by atoms with Crippen molar-refractivity contribution >= 4 is 15.9 Å². The molecule has 0 aliphatic heterocycles. The third kappa shape index (κ3) is 2.12. The summed E-state index contributed by atoms with van der Waals surface area (Å²) in [5.74, 6) is 0. The second kappa shape index (κ2) is 4.05. The lowest BCUT2D eigenvalue weighted by atomic mass is 9.90.